The van der Waals surface area contributed by atoms with Crippen LogP contribution in [0.15, 0.2) is 42.5 Å². The van der Waals surface area contributed by atoms with E-state index in [2.05, 4.69) is 9.97 Å². The van der Waals surface area contributed by atoms with E-state index in [1.807, 2.05) is 49.4 Å². The molecule has 0 amide bonds. The lowest BCUT2D eigenvalue weighted by Gasteiger charge is -2.16. The maximum atomic E-state index is 6.47. The molecule has 2 N–H and O–H groups in total. The molecule has 0 radical (unpaired) electrons. The van der Waals surface area contributed by atoms with Crippen LogP contribution in [-0.4, -0.2) is 16.6 Å². The van der Waals surface area contributed by atoms with Gasteiger partial charge in [-0.1, -0.05) is 35.9 Å². The maximum absolute atomic E-state index is 6.47. The molecule has 0 aliphatic rings. The molecule has 0 fully saturated rings. The molecule has 3 rings (SSSR count). The van der Waals surface area contributed by atoms with E-state index in [9.17, 15) is 0 Å². The van der Waals surface area contributed by atoms with Crippen LogP contribution < -0.4 is 10.5 Å². The molecule has 2 aromatic carbocycles. The Kier molecular flexibility index (Phi) is 5.19. The number of hydrogen-bond acceptors (Lipinski definition) is 4. The number of aromatic nitrogens is 2. The molecule has 0 saturated carbocycles. The highest BCUT2D eigenvalue weighted by Crippen LogP contribution is 2.31. The van der Waals surface area contributed by atoms with Gasteiger partial charge in [-0.25, -0.2) is 9.97 Å². The minimum absolute atomic E-state index is 0.231. The van der Waals surface area contributed by atoms with E-state index in [0.29, 0.717) is 23.2 Å². The van der Waals surface area contributed by atoms with Gasteiger partial charge in [0, 0.05) is 5.39 Å². The lowest BCUT2D eigenvalue weighted by atomic mass is 10.0. The average Bonchev–Trinajstić information content (AvgIpc) is 2.62. The topological polar surface area (TPSA) is 61.0 Å². The predicted molar refractivity (Wildman–Crippen MR) is 97.7 cm³/mol. The smallest absolute Gasteiger partial charge is 0.144 e. The number of rotatable bonds is 5. The van der Waals surface area contributed by atoms with Gasteiger partial charge in [0.1, 0.15) is 11.6 Å². The number of nitrogens with two attached hydrogens (primary N) is 1. The summed E-state index contributed by atoms with van der Waals surface area (Å²) in [5.74, 6) is 1.43. The highest BCUT2D eigenvalue weighted by atomic mass is 35.5. The fraction of sp³-hybridized carbons (Fsp3) is 0.222. The number of hydrogen-bond donors (Lipinski definition) is 1. The Morgan fingerprint density at radius 1 is 1.17 bits per heavy atom. The molecule has 1 heterocycles. The zero-order chi connectivity index (χ0) is 17.1. The van der Waals surface area contributed by atoms with Crippen LogP contribution in [0.2, 0.25) is 5.02 Å². The summed E-state index contributed by atoms with van der Waals surface area (Å²) < 4.78 is 5.47. The summed E-state index contributed by atoms with van der Waals surface area (Å²) in [6.07, 6.45) is 0. The van der Waals surface area contributed by atoms with Crippen LogP contribution in [-0.2, 0) is 5.88 Å². The molecule has 0 aliphatic carbocycles. The number of ether oxygens (including phenoxy) is 1. The Bertz CT molecular complexity index is 870. The van der Waals surface area contributed by atoms with E-state index in [-0.39, 0.29) is 5.88 Å². The molecular formula is C18H17Cl2N3O. The van der Waals surface area contributed by atoms with E-state index >= 15 is 0 Å². The third-order valence-corrected chi connectivity index (χ3v) is 4.24. The summed E-state index contributed by atoms with van der Waals surface area (Å²) in [5, 5.41) is 1.43. The zero-order valence-electron chi connectivity index (χ0n) is 13.2. The second-order valence-electron chi connectivity index (χ2n) is 5.28. The highest BCUT2D eigenvalue weighted by Gasteiger charge is 2.17. The second-order valence-corrected chi connectivity index (χ2v) is 5.95. The summed E-state index contributed by atoms with van der Waals surface area (Å²) in [5.41, 5.74) is 8.88. The van der Waals surface area contributed by atoms with Gasteiger partial charge in [0.25, 0.3) is 0 Å². The third kappa shape index (κ3) is 3.31. The molecule has 1 atom stereocenters. The number of fused-ring (bicyclic) bond motifs is 1. The fourth-order valence-corrected chi connectivity index (χ4v) is 2.95. The first-order valence-electron chi connectivity index (χ1n) is 7.63. The first kappa shape index (κ1) is 17.0. The molecule has 3 aromatic rings. The van der Waals surface area contributed by atoms with E-state index < -0.39 is 6.04 Å². The molecular weight excluding hydrogens is 345 g/mol. The Labute approximate surface area is 150 Å². The van der Waals surface area contributed by atoms with Crippen molar-refractivity contribution >= 4 is 34.1 Å². The molecule has 1 unspecified atom stereocenters. The Morgan fingerprint density at radius 3 is 2.67 bits per heavy atom. The lowest BCUT2D eigenvalue weighted by molar-refractivity contribution is 0.340. The summed E-state index contributed by atoms with van der Waals surface area (Å²) in [6.45, 7) is 2.47. The molecule has 0 aliphatic heterocycles. The molecule has 0 saturated heterocycles. The van der Waals surface area contributed by atoms with Crippen LogP contribution in [0.1, 0.15) is 30.0 Å². The van der Waals surface area contributed by atoms with E-state index in [1.54, 1.807) is 0 Å². The summed E-state index contributed by atoms with van der Waals surface area (Å²) in [6, 6.07) is 12.9. The highest BCUT2D eigenvalue weighted by molar-refractivity contribution is 6.32. The molecule has 24 heavy (non-hydrogen) atoms. The van der Waals surface area contributed by atoms with E-state index in [0.717, 1.165) is 22.2 Å². The van der Waals surface area contributed by atoms with Crippen molar-refractivity contribution in [2.45, 2.75) is 18.8 Å². The zero-order valence-corrected chi connectivity index (χ0v) is 14.7. The molecule has 1 aromatic heterocycles. The van der Waals surface area contributed by atoms with Crippen molar-refractivity contribution in [3.8, 4) is 5.75 Å². The van der Waals surface area contributed by atoms with Crippen molar-refractivity contribution in [1.29, 1.82) is 0 Å². The number of alkyl halides is 1. The minimum atomic E-state index is -0.437. The normalized spacial score (nSPS) is 12.3. The second kappa shape index (κ2) is 7.34. The maximum Gasteiger partial charge on any atom is 0.144 e. The quantitative estimate of drug-likeness (QED) is 0.681. The molecule has 6 heteroatoms. The van der Waals surface area contributed by atoms with Crippen LogP contribution >= 0.6 is 23.2 Å². The molecule has 0 spiro atoms. The monoisotopic (exact) mass is 361 g/mol. The van der Waals surface area contributed by atoms with Gasteiger partial charge in [0.05, 0.1) is 34.8 Å². The fourth-order valence-electron chi connectivity index (χ4n) is 2.59. The first-order chi connectivity index (χ1) is 11.6. The SMILES string of the molecule is CCOc1ccc(C(N)c2nc(CCl)nc3ccccc23)cc1Cl. The lowest BCUT2D eigenvalue weighted by Crippen LogP contribution is -2.15. The number of para-hydroxylation sites is 1. The first-order valence-corrected chi connectivity index (χ1v) is 8.54. The van der Waals surface area contributed by atoms with Gasteiger partial charge in [0.2, 0.25) is 0 Å². The predicted octanol–water partition coefficient (Wildman–Crippen LogP) is 4.47. The van der Waals surface area contributed by atoms with Crippen molar-refractivity contribution in [3.63, 3.8) is 0 Å². The van der Waals surface area contributed by atoms with Crippen LogP contribution in [0, 0.1) is 0 Å². The van der Waals surface area contributed by atoms with Crippen LogP contribution in [0.3, 0.4) is 0 Å². The summed E-state index contributed by atoms with van der Waals surface area (Å²) in [4.78, 5) is 8.98. The Hall–Kier alpha value is -1.88. The average molecular weight is 362 g/mol. The van der Waals surface area contributed by atoms with Gasteiger partial charge < -0.3 is 10.5 Å². The van der Waals surface area contributed by atoms with Gasteiger partial charge in [-0.05, 0) is 30.7 Å². The number of nitrogens with zero attached hydrogens (tertiary/aromatic N) is 2. The Balaban J connectivity index is 2.08. The van der Waals surface area contributed by atoms with Crippen molar-refractivity contribution in [3.05, 3.63) is 64.6 Å². The summed E-state index contributed by atoms with van der Waals surface area (Å²) >= 11 is 12.2. The van der Waals surface area contributed by atoms with Crippen molar-refractivity contribution in [2.75, 3.05) is 6.61 Å². The van der Waals surface area contributed by atoms with Gasteiger partial charge in [0.15, 0.2) is 0 Å². The van der Waals surface area contributed by atoms with Crippen molar-refractivity contribution in [1.82, 2.24) is 9.97 Å². The third-order valence-electron chi connectivity index (χ3n) is 3.71. The van der Waals surface area contributed by atoms with Crippen LogP contribution in [0.4, 0.5) is 0 Å². The van der Waals surface area contributed by atoms with Gasteiger partial charge in [-0.2, -0.15) is 0 Å². The van der Waals surface area contributed by atoms with E-state index in [4.69, 9.17) is 33.7 Å². The van der Waals surface area contributed by atoms with Crippen LogP contribution in [0.5, 0.6) is 5.75 Å². The number of halogens is 2. The van der Waals surface area contributed by atoms with Crippen LogP contribution in [0.25, 0.3) is 10.9 Å². The summed E-state index contributed by atoms with van der Waals surface area (Å²) in [7, 11) is 0. The molecule has 0 bridgehead atoms. The molecule has 124 valence electrons. The van der Waals surface area contributed by atoms with Gasteiger partial charge in [-0.3, -0.25) is 0 Å². The molecule has 4 nitrogen and oxygen atoms in total. The standard InChI is InChI=1S/C18H17Cl2N3O/c1-2-24-15-8-7-11(9-13(15)20)17(21)18-12-5-3-4-6-14(12)22-16(10-19)23-18/h3-9,17H,2,10,21H2,1H3. The van der Waals surface area contributed by atoms with Gasteiger partial charge >= 0.3 is 0 Å². The Morgan fingerprint density at radius 2 is 1.96 bits per heavy atom. The van der Waals surface area contributed by atoms with E-state index in [1.165, 1.54) is 0 Å². The van der Waals surface area contributed by atoms with Crippen molar-refractivity contribution < 1.29 is 4.74 Å². The minimum Gasteiger partial charge on any atom is -0.492 e. The number of benzene rings is 2. The largest absolute Gasteiger partial charge is 0.492 e. The van der Waals surface area contributed by atoms with Gasteiger partial charge in [-0.15, -0.1) is 11.6 Å². The van der Waals surface area contributed by atoms with Crippen molar-refractivity contribution in [2.24, 2.45) is 5.73 Å².